The molecule has 0 N–H and O–H groups in total. The Morgan fingerprint density at radius 2 is 1.32 bits per heavy atom. The standard InChI is InChI=1S/C55H41N3O/c1-3-13-37(14-4-1)48-34-49(57-55(56-48)39-15-5-2-6-16-39)38-25-23-36(24-26-38)46-33-47-53-41(31-32-52(53)59-54(47)45-20-8-7-17-42(45)46)35-27-29-40(30-28-35)58-50-21-11-9-18-43(50)44-19-10-12-22-51(44)58/h1-15,17-23,25,27-29,31,33-34,39-40H,16,24,26,30,32H2. The van der Waals surface area contributed by atoms with Gasteiger partial charge in [0.15, 0.2) is 0 Å². The normalized spacial score (nSPS) is 18.7. The number of furan rings is 1. The second-order valence-corrected chi connectivity index (χ2v) is 16.2. The Morgan fingerprint density at radius 3 is 2.05 bits per heavy atom. The fourth-order valence-corrected chi connectivity index (χ4v) is 9.94. The summed E-state index contributed by atoms with van der Waals surface area (Å²) in [6, 6.07) is 41.7. The molecule has 0 saturated carbocycles. The molecule has 0 bridgehead atoms. The lowest BCUT2D eigenvalue weighted by Crippen LogP contribution is -2.08. The van der Waals surface area contributed by atoms with Gasteiger partial charge in [-0.1, -0.05) is 152 Å². The number of hydrogen-bond acceptors (Lipinski definition) is 3. The fourth-order valence-electron chi connectivity index (χ4n) is 9.94. The number of aromatic nitrogens is 3. The Morgan fingerprint density at radius 1 is 0.610 bits per heavy atom. The van der Waals surface area contributed by atoms with Crippen LogP contribution in [0.2, 0.25) is 0 Å². The molecule has 282 valence electrons. The molecular weight excluding hydrogens is 719 g/mol. The van der Waals surface area contributed by atoms with Gasteiger partial charge in [-0.2, -0.15) is 0 Å². The molecule has 12 rings (SSSR count). The molecule has 4 nitrogen and oxygen atoms in total. The van der Waals surface area contributed by atoms with Gasteiger partial charge in [-0.3, -0.25) is 0 Å². The average molecular weight is 760 g/mol. The molecular formula is C55H41N3O. The van der Waals surface area contributed by atoms with Crippen LogP contribution < -0.4 is 0 Å². The van der Waals surface area contributed by atoms with E-state index in [9.17, 15) is 0 Å². The van der Waals surface area contributed by atoms with Crippen LogP contribution in [0.25, 0.3) is 71.5 Å². The molecule has 0 saturated heterocycles. The molecule has 3 heterocycles. The molecule has 0 fully saturated rings. The summed E-state index contributed by atoms with van der Waals surface area (Å²) in [5, 5.41) is 6.24. The number of nitrogens with zero attached hydrogens (tertiary/aromatic N) is 3. The monoisotopic (exact) mass is 759 g/mol. The summed E-state index contributed by atoms with van der Waals surface area (Å²) in [6.45, 7) is 0. The van der Waals surface area contributed by atoms with Crippen molar-refractivity contribution in [3.8, 4) is 11.3 Å². The second-order valence-electron chi connectivity index (χ2n) is 16.2. The minimum atomic E-state index is 0.174. The topological polar surface area (TPSA) is 43.9 Å². The van der Waals surface area contributed by atoms with Crippen molar-refractivity contribution >= 4 is 60.3 Å². The van der Waals surface area contributed by atoms with Gasteiger partial charge >= 0.3 is 0 Å². The summed E-state index contributed by atoms with van der Waals surface area (Å²) in [6.07, 6.45) is 27.3. The highest BCUT2D eigenvalue weighted by atomic mass is 16.3. The predicted molar refractivity (Wildman–Crippen MR) is 244 cm³/mol. The van der Waals surface area contributed by atoms with E-state index in [0.717, 1.165) is 66.2 Å². The number of rotatable bonds is 6. The zero-order valence-electron chi connectivity index (χ0n) is 32.7. The number of para-hydroxylation sites is 2. The molecule has 2 unspecified atom stereocenters. The molecule has 4 aliphatic carbocycles. The first-order valence-electron chi connectivity index (χ1n) is 21.0. The van der Waals surface area contributed by atoms with E-state index >= 15 is 0 Å². The van der Waals surface area contributed by atoms with Gasteiger partial charge in [-0.25, -0.2) is 9.97 Å². The molecule has 0 aliphatic heterocycles. The summed E-state index contributed by atoms with van der Waals surface area (Å²) in [4.78, 5) is 10.3. The number of allylic oxidation sites excluding steroid dienone is 14. The Labute approximate surface area is 343 Å². The molecule has 4 aliphatic rings. The van der Waals surface area contributed by atoms with Gasteiger partial charge in [0.2, 0.25) is 0 Å². The van der Waals surface area contributed by atoms with E-state index < -0.39 is 0 Å². The van der Waals surface area contributed by atoms with E-state index in [1.165, 1.54) is 71.4 Å². The summed E-state index contributed by atoms with van der Waals surface area (Å²) >= 11 is 0. The highest BCUT2D eigenvalue weighted by Gasteiger charge is 2.28. The minimum absolute atomic E-state index is 0.174. The van der Waals surface area contributed by atoms with Gasteiger partial charge in [0.05, 0.1) is 17.4 Å². The summed E-state index contributed by atoms with van der Waals surface area (Å²) in [5.41, 5.74) is 14.4. The Hall–Kier alpha value is -7.04. The second kappa shape index (κ2) is 13.8. The summed E-state index contributed by atoms with van der Waals surface area (Å²) in [5.74, 6) is 2.12. The van der Waals surface area contributed by atoms with Crippen molar-refractivity contribution in [3.05, 3.63) is 210 Å². The molecule has 0 amide bonds. The predicted octanol–water partition coefficient (Wildman–Crippen LogP) is 14.1. The quantitative estimate of drug-likeness (QED) is 0.170. The van der Waals surface area contributed by atoms with Gasteiger partial charge in [0, 0.05) is 56.0 Å². The van der Waals surface area contributed by atoms with Gasteiger partial charge in [-0.05, 0) is 83.2 Å². The van der Waals surface area contributed by atoms with E-state index in [-0.39, 0.29) is 12.0 Å². The van der Waals surface area contributed by atoms with Crippen LogP contribution in [-0.2, 0) is 6.42 Å². The third-order valence-electron chi connectivity index (χ3n) is 12.8. The van der Waals surface area contributed by atoms with Gasteiger partial charge in [0.25, 0.3) is 0 Å². The maximum atomic E-state index is 6.79. The van der Waals surface area contributed by atoms with E-state index in [4.69, 9.17) is 14.4 Å². The van der Waals surface area contributed by atoms with E-state index in [1.54, 1.807) is 0 Å². The third-order valence-corrected chi connectivity index (χ3v) is 12.8. The lowest BCUT2D eigenvalue weighted by atomic mass is 9.87. The van der Waals surface area contributed by atoms with Crippen LogP contribution in [0.15, 0.2) is 186 Å². The van der Waals surface area contributed by atoms with Crippen molar-refractivity contribution in [1.82, 2.24) is 14.5 Å². The lowest BCUT2D eigenvalue weighted by molar-refractivity contribution is 0.570. The smallest absolute Gasteiger partial charge is 0.142 e. The lowest BCUT2D eigenvalue weighted by Gasteiger charge is -2.21. The van der Waals surface area contributed by atoms with Gasteiger partial charge in [-0.15, -0.1) is 0 Å². The molecule has 2 atom stereocenters. The maximum absolute atomic E-state index is 6.79. The largest absolute Gasteiger partial charge is 0.459 e. The van der Waals surface area contributed by atoms with Crippen LogP contribution in [0.1, 0.15) is 66.0 Å². The number of benzene rings is 5. The summed E-state index contributed by atoms with van der Waals surface area (Å²) in [7, 11) is 0. The van der Waals surface area contributed by atoms with Crippen molar-refractivity contribution in [2.75, 3.05) is 0 Å². The van der Waals surface area contributed by atoms with Crippen molar-refractivity contribution in [2.24, 2.45) is 0 Å². The van der Waals surface area contributed by atoms with E-state index in [0.29, 0.717) is 0 Å². The Kier molecular flexibility index (Phi) is 7.97. The van der Waals surface area contributed by atoms with Crippen molar-refractivity contribution in [3.63, 3.8) is 0 Å². The Bertz CT molecular complexity index is 3200. The number of hydrogen-bond donors (Lipinski definition) is 0. The Balaban J connectivity index is 0.904. The van der Waals surface area contributed by atoms with E-state index in [1.807, 2.05) is 0 Å². The van der Waals surface area contributed by atoms with Crippen molar-refractivity contribution < 1.29 is 4.42 Å². The molecule has 0 radical (unpaired) electrons. The molecule has 0 spiro atoms. The fraction of sp³-hybridized carbons (Fsp3) is 0.127. The number of fused-ring (bicyclic) bond motifs is 8. The first-order chi connectivity index (χ1) is 29.2. The molecule has 3 aromatic heterocycles. The van der Waals surface area contributed by atoms with Crippen molar-refractivity contribution in [1.29, 1.82) is 0 Å². The zero-order chi connectivity index (χ0) is 38.9. The molecule has 8 aromatic rings. The van der Waals surface area contributed by atoms with Crippen LogP contribution in [0.5, 0.6) is 0 Å². The van der Waals surface area contributed by atoms with Crippen LogP contribution in [0, 0.1) is 0 Å². The third kappa shape index (κ3) is 5.66. The first kappa shape index (κ1) is 34.0. The van der Waals surface area contributed by atoms with E-state index in [2.05, 4.69) is 181 Å². The molecule has 5 aromatic carbocycles. The molecule has 4 heteroatoms. The zero-order valence-corrected chi connectivity index (χ0v) is 32.7. The maximum Gasteiger partial charge on any atom is 0.142 e. The average Bonchev–Trinajstić information content (AvgIpc) is 4.00. The van der Waals surface area contributed by atoms with Gasteiger partial charge < -0.3 is 8.98 Å². The van der Waals surface area contributed by atoms with Crippen molar-refractivity contribution in [2.45, 2.75) is 44.1 Å². The van der Waals surface area contributed by atoms with Crippen LogP contribution in [0.4, 0.5) is 0 Å². The van der Waals surface area contributed by atoms with Crippen LogP contribution in [-0.4, -0.2) is 14.5 Å². The highest BCUT2D eigenvalue weighted by molar-refractivity contribution is 6.14. The van der Waals surface area contributed by atoms with Gasteiger partial charge in [0.1, 0.15) is 17.2 Å². The highest BCUT2D eigenvalue weighted by Crippen LogP contribution is 2.47. The minimum Gasteiger partial charge on any atom is -0.459 e. The SMILES string of the molecule is C1=CCC(c2nc(C3=CC=C(c4cc5c6c(oc5c5ccccc45)CC=C6C4=CCC(n5c6ccccc6c6ccccc65)C=C4)CC3)cc(-c3ccccc3)n2)C=C1. The summed E-state index contributed by atoms with van der Waals surface area (Å²) < 4.78 is 9.30. The molecule has 59 heavy (non-hydrogen) atoms. The van der Waals surface area contributed by atoms with Crippen LogP contribution >= 0.6 is 0 Å². The first-order valence-corrected chi connectivity index (χ1v) is 21.0. The van der Waals surface area contributed by atoms with Crippen LogP contribution in [0.3, 0.4) is 0 Å².